The van der Waals surface area contributed by atoms with E-state index in [2.05, 4.69) is 26.5 Å². The zero-order valence-electron chi connectivity index (χ0n) is 20.1. The first-order valence-electron chi connectivity index (χ1n) is 11.9. The Morgan fingerprint density at radius 1 is 1.18 bits per heavy atom. The zero-order chi connectivity index (χ0) is 26.2. The molecule has 190 valence electrons. The number of nitrogens with one attached hydrogen (secondary N) is 1. The van der Waals surface area contributed by atoms with Crippen LogP contribution in [0.2, 0.25) is 0 Å². The average molecular weight is 543 g/mol. The maximum absolute atomic E-state index is 13.0. The van der Waals surface area contributed by atoms with E-state index in [9.17, 15) is 9.59 Å². The minimum absolute atomic E-state index is 0.126. The summed E-state index contributed by atoms with van der Waals surface area (Å²) >= 11 is 2.61. The van der Waals surface area contributed by atoms with Gasteiger partial charge in [-0.3, -0.25) is 14.0 Å². The molecule has 0 spiro atoms. The standard InChI is InChI=1S/C26H22N8O2S2/c1-2-21(35)33-10-3-4-19(33)25-30-22(23-24(27)28-9-11-34(23)25)16-12-20(37-13-16)26(36)29-17-7-5-15(6-8-17)18-14-38-32-31-18/h2,5-9,11-14,19H,1,3-4,10H2,(H2,27,28)(H,29,36)/t19-/m0/s1. The summed E-state index contributed by atoms with van der Waals surface area (Å²) in [6.45, 7) is 4.28. The second-order valence-corrected chi connectivity index (χ2v) is 10.3. The Hall–Kier alpha value is -4.42. The molecule has 5 aromatic rings. The normalized spacial score (nSPS) is 15.2. The van der Waals surface area contributed by atoms with Crippen LogP contribution in [0.25, 0.3) is 28.0 Å². The van der Waals surface area contributed by atoms with Crippen molar-refractivity contribution in [1.29, 1.82) is 0 Å². The number of carbonyl (C=O) groups is 2. The van der Waals surface area contributed by atoms with Crippen LogP contribution in [0.1, 0.15) is 34.4 Å². The number of likely N-dealkylation sites (tertiary alicyclic amines) is 1. The molecule has 38 heavy (non-hydrogen) atoms. The number of nitrogens with zero attached hydrogens (tertiary/aromatic N) is 6. The monoisotopic (exact) mass is 542 g/mol. The predicted octanol–water partition coefficient (Wildman–Crippen LogP) is 4.66. The fraction of sp³-hybridized carbons (Fsp3) is 0.154. The molecule has 1 saturated heterocycles. The van der Waals surface area contributed by atoms with Crippen molar-refractivity contribution in [3.63, 3.8) is 0 Å². The average Bonchev–Trinajstić information content (AvgIpc) is 3.73. The van der Waals surface area contributed by atoms with Crippen LogP contribution in [-0.2, 0) is 4.79 Å². The Balaban J connectivity index is 1.29. The lowest BCUT2D eigenvalue weighted by atomic mass is 10.1. The summed E-state index contributed by atoms with van der Waals surface area (Å²) in [5, 5.41) is 10.8. The fourth-order valence-electron chi connectivity index (χ4n) is 4.73. The number of benzene rings is 1. The lowest BCUT2D eigenvalue weighted by Gasteiger charge is -2.22. The van der Waals surface area contributed by atoms with Crippen molar-refractivity contribution in [2.45, 2.75) is 18.9 Å². The second kappa shape index (κ2) is 9.80. The van der Waals surface area contributed by atoms with Gasteiger partial charge in [0.1, 0.15) is 28.5 Å². The van der Waals surface area contributed by atoms with Crippen molar-refractivity contribution in [3.8, 4) is 22.5 Å². The molecule has 0 radical (unpaired) electrons. The number of aromatic nitrogens is 5. The first kappa shape index (κ1) is 23.9. The van der Waals surface area contributed by atoms with Crippen LogP contribution in [0.5, 0.6) is 0 Å². The first-order chi connectivity index (χ1) is 18.5. The molecule has 3 N–H and O–H groups in total. The molecule has 0 unspecified atom stereocenters. The number of nitrogens with two attached hydrogens (primary N) is 1. The fourth-order valence-corrected chi connectivity index (χ4v) is 5.98. The Kier molecular flexibility index (Phi) is 6.18. The molecule has 1 aliphatic heterocycles. The summed E-state index contributed by atoms with van der Waals surface area (Å²) in [7, 11) is 0. The third-order valence-corrected chi connectivity index (χ3v) is 7.95. The van der Waals surface area contributed by atoms with Crippen LogP contribution in [0.15, 0.2) is 66.1 Å². The molecule has 0 saturated carbocycles. The number of imidazole rings is 1. The van der Waals surface area contributed by atoms with Gasteiger partial charge in [-0.05, 0) is 48.6 Å². The number of hydrogen-bond acceptors (Lipinski definition) is 9. The highest BCUT2D eigenvalue weighted by atomic mass is 32.1. The quantitative estimate of drug-likeness (QED) is 0.298. The number of nitrogen functional groups attached to an aromatic ring is 1. The van der Waals surface area contributed by atoms with Crippen LogP contribution in [0, 0.1) is 0 Å². The Morgan fingerprint density at radius 2 is 2.03 bits per heavy atom. The maximum Gasteiger partial charge on any atom is 0.265 e. The lowest BCUT2D eigenvalue weighted by molar-refractivity contribution is -0.127. The van der Waals surface area contributed by atoms with Crippen LogP contribution in [0.4, 0.5) is 11.5 Å². The van der Waals surface area contributed by atoms with Crippen molar-refractivity contribution in [2.75, 3.05) is 17.6 Å². The largest absolute Gasteiger partial charge is 0.382 e. The molecule has 1 aliphatic rings. The van der Waals surface area contributed by atoms with E-state index in [1.165, 1.54) is 28.9 Å². The maximum atomic E-state index is 13.0. The zero-order valence-corrected chi connectivity index (χ0v) is 21.7. The molecular weight excluding hydrogens is 520 g/mol. The van der Waals surface area contributed by atoms with E-state index in [-0.39, 0.29) is 17.9 Å². The van der Waals surface area contributed by atoms with E-state index < -0.39 is 0 Å². The number of amides is 2. The topological polar surface area (TPSA) is 131 Å². The van der Waals surface area contributed by atoms with Gasteiger partial charge >= 0.3 is 0 Å². The highest BCUT2D eigenvalue weighted by Gasteiger charge is 2.33. The van der Waals surface area contributed by atoms with Gasteiger partial charge in [-0.2, -0.15) is 0 Å². The number of rotatable bonds is 6. The summed E-state index contributed by atoms with van der Waals surface area (Å²) in [6.07, 6.45) is 6.42. The Labute approximate surface area is 225 Å². The molecular formula is C26H22N8O2S2. The van der Waals surface area contributed by atoms with Crippen LogP contribution in [-0.4, -0.2) is 47.2 Å². The van der Waals surface area contributed by atoms with Gasteiger partial charge in [-0.15, -0.1) is 16.4 Å². The van der Waals surface area contributed by atoms with Crippen molar-refractivity contribution < 1.29 is 9.59 Å². The van der Waals surface area contributed by atoms with Crippen LogP contribution < -0.4 is 11.1 Å². The van der Waals surface area contributed by atoms with E-state index in [0.29, 0.717) is 40.0 Å². The van der Waals surface area contributed by atoms with Gasteiger partial charge in [0.2, 0.25) is 5.91 Å². The van der Waals surface area contributed by atoms with Gasteiger partial charge in [0, 0.05) is 46.5 Å². The van der Waals surface area contributed by atoms with Gasteiger partial charge < -0.3 is 16.0 Å². The second-order valence-electron chi connectivity index (χ2n) is 8.76. The highest BCUT2D eigenvalue weighted by Crippen LogP contribution is 2.37. The molecule has 0 aliphatic carbocycles. The van der Waals surface area contributed by atoms with E-state index in [4.69, 9.17) is 10.7 Å². The van der Waals surface area contributed by atoms with Crippen molar-refractivity contribution in [1.82, 2.24) is 28.9 Å². The van der Waals surface area contributed by atoms with Crippen molar-refractivity contribution in [3.05, 3.63) is 76.8 Å². The van der Waals surface area contributed by atoms with Gasteiger partial charge in [-0.25, -0.2) is 9.97 Å². The van der Waals surface area contributed by atoms with E-state index in [1.807, 2.05) is 39.4 Å². The summed E-state index contributed by atoms with van der Waals surface area (Å²) in [5.41, 5.74) is 10.7. The predicted molar refractivity (Wildman–Crippen MR) is 148 cm³/mol. The third-order valence-electron chi connectivity index (χ3n) is 6.51. The van der Waals surface area contributed by atoms with Crippen LogP contribution in [0.3, 0.4) is 0 Å². The molecule has 1 atom stereocenters. The minimum atomic E-state index is -0.224. The molecule has 1 fully saturated rings. The Morgan fingerprint density at radius 3 is 2.79 bits per heavy atom. The van der Waals surface area contributed by atoms with Crippen molar-refractivity contribution >= 4 is 51.7 Å². The number of carbonyl (C=O) groups excluding carboxylic acids is 2. The first-order valence-corrected chi connectivity index (χ1v) is 13.6. The number of thiophene rings is 1. The number of hydrogen-bond donors (Lipinski definition) is 2. The van der Waals surface area contributed by atoms with Gasteiger partial charge in [0.05, 0.1) is 10.9 Å². The molecule has 0 bridgehead atoms. The smallest absolute Gasteiger partial charge is 0.265 e. The van der Waals surface area contributed by atoms with E-state index >= 15 is 0 Å². The number of anilines is 2. The summed E-state index contributed by atoms with van der Waals surface area (Å²) in [5.74, 6) is 0.689. The molecule has 2 amide bonds. The van der Waals surface area contributed by atoms with Crippen molar-refractivity contribution in [2.24, 2.45) is 0 Å². The lowest BCUT2D eigenvalue weighted by Crippen LogP contribution is -2.29. The molecule has 1 aromatic carbocycles. The molecule has 6 rings (SSSR count). The highest BCUT2D eigenvalue weighted by molar-refractivity contribution is 7.12. The SMILES string of the molecule is C=CC(=O)N1CCC[C@H]1c1nc(-c2csc(C(=O)Nc3ccc(-c4csnn4)cc3)c2)c2c(N)nccn12. The van der Waals surface area contributed by atoms with Gasteiger partial charge in [0.15, 0.2) is 0 Å². The van der Waals surface area contributed by atoms with Gasteiger partial charge in [0.25, 0.3) is 5.91 Å². The molecule has 4 aromatic heterocycles. The summed E-state index contributed by atoms with van der Waals surface area (Å²) < 4.78 is 5.78. The Bertz CT molecular complexity index is 1660. The summed E-state index contributed by atoms with van der Waals surface area (Å²) in [4.78, 5) is 37.0. The summed E-state index contributed by atoms with van der Waals surface area (Å²) in [6, 6.07) is 9.05. The molecule has 10 nitrogen and oxygen atoms in total. The van der Waals surface area contributed by atoms with E-state index in [1.54, 1.807) is 23.4 Å². The van der Waals surface area contributed by atoms with Gasteiger partial charge in [-0.1, -0.05) is 23.2 Å². The molecule has 5 heterocycles. The number of fused-ring (bicyclic) bond motifs is 1. The third kappa shape index (κ3) is 4.23. The minimum Gasteiger partial charge on any atom is -0.382 e. The molecule has 12 heteroatoms. The van der Waals surface area contributed by atoms with E-state index in [0.717, 1.165) is 29.7 Å². The van der Waals surface area contributed by atoms with Crippen LogP contribution >= 0.6 is 22.9 Å².